The van der Waals surface area contributed by atoms with Crippen molar-refractivity contribution in [3.8, 4) is 0 Å². The molecule has 1 atom stereocenters. The number of hydrogen-bond acceptors (Lipinski definition) is 6. The van der Waals surface area contributed by atoms with Gasteiger partial charge in [0.25, 0.3) is 11.6 Å². The molecule has 1 N–H and O–H groups in total. The lowest BCUT2D eigenvalue weighted by Gasteiger charge is -2.08. The van der Waals surface area contributed by atoms with Gasteiger partial charge in [0.2, 0.25) is 6.10 Å². The predicted octanol–water partition coefficient (Wildman–Crippen LogP) is 2.00. The van der Waals surface area contributed by atoms with Crippen molar-refractivity contribution in [3.05, 3.63) is 64.1 Å². The lowest BCUT2D eigenvalue weighted by molar-refractivity contribution is -0.385. The van der Waals surface area contributed by atoms with Gasteiger partial charge in [-0.3, -0.25) is 14.9 Å². The zero-order chi connectivity index (χ0) is 16.2. The van der Waals surface area contributed by atoms with Gasteiger partial charge < -0.3 is 14.6 Å². The van der Waals surface area contributed by atoms with E-state index in [1.54, 1.807) is 30.3 Å². The Hall–Kier alpha value is -3.16. The number of para-hydroxylation sites is 1. The fourth-order valence-corrected chi connectivity index (χ4v) is 2.26. The Balaban J connectivity index is 1.64. The Morgan fingerprint density at radius 3 is 2.91 bits per heavy atom. The van der Waals surface area contributed by atoms with Crippen molar-refractivity contribution in [2.75, 3.05) is 0 Å². The zero-order valence-electron chi connectivity index (χ0n) is 12.0. The maximum atomic E-state index is 12.1. The molecule has 0 saturated heterocycles. The minimum atomic E-state index is -0.806. The second kappa shape index (κ2) is 6.30. The molecule has 8 nitrogen and oxygen atoms in total. The molecule has 1 amide bonds. The molecule has 1 aromatic heterocycles. The number of nitro groups is 1. The van der Waals surface area contributed by atoms with Gasteiger partial charge in [0.1, 0.15) is 5.76 Å². The third kappa shape index (κ3) is 3.20. The van der Waals surface area contributed by atoms with Crippen molar-refractivity contribution >= 4 is 17.3 Å². The van der Waals surface area contributed by atoms with Crippen LogP contribution in [0.2, 0.25) is 0 Å². The van der Waals surface area contributed by atoms with E-state index in [1.165, 1.54) is 12.3 Å². The summed E-state index contributed by atoms with van der Waals surface area (Å²) in [7, 11) is 0. The summed E-state index contributed by atoms with van der Waals surface area (Å²) in [5.41, 5.74) is 0.681. The molecule has 0 unspecified atom stereocenters. The number of amides is 1. The van der Waals surface area contributed by atoms with Gasteiger partial charge in [-0.1, -0.05) is 17.3 Å². The summed E-state index contributed by atoms with van der Waals surface area (Å²) in [5, 5.41) is 17.5. The van der Waals surface area contributed by atoms with Crippen LogP contribution in [0.15, 0.2) is 52.2 Å². The van der Waals surface area contributed by atoms with E-state index in [1.807, 2.05) is 0 Å². The minimum absolute atomic E-state index is 0.0634. The van der Waals surface area contributed by atoms with E-state index in [0.717, 1.165) is 0 Å². The largest absolute Gasteiger partial charge is 0.467 e. The Kier molecular flexibility index (Phi) is 4.05. The van der Waals surface area contributed by atoms with Gasteiger partial charge in [-0.2, -0.15) is 0 Å². The number of rotatable bonds is 5. The van der Waals surface area contributed by atoms with Crippen LogP contribution >= 0.6 is 0 Å². The summed E-state index contributed by atoms with van der Waals surface area (Å²) < 4.78 is 5.12. The van der Waals surface area contributed by atoms with Crippen LogP contribution in [-0.4, -0.2) is 22.6 Å². The lowest BCUT2D eigenvalue weighted by Crippen LogP contribution is -2.34. The van der Waals surface area contributed by atoms with Crippen LogP contribution in [0, 0.1) is 10.1 Å². The fourth-order valence-electron chi connectivity index (χ4n) is 2.26. The first-order chi connectivity index (χ1) is 11.1. The number of carbonyl (C=O) groups excluding carboxylic acids is 1. The smallest absolute Gasteiger partial charge is 0.278 e. The van der Waals surface area contributed by atoms with Crippen LogP contribution in [0.3, 0.4) is 0 Å². The van der Waals surface area contributed by atoms with Gasteiger partial charge in [-0.25, -0.2) is 0 Å². The molecule has 1 aliphatic heterocycles. The summed E-state index contributed by atoms with van der Waals surface area (Å²) in [6.45, 7) is 0.243. The molecule has 3 rings (SSSR count). The van der Waals surface area contributed by atoms with Gasteiger partial charge in [0, 0.05) is 12.5 Å². The molecule has 0 aliphatic carbocycles. The number of hydrogen-bond donors (Lipinski definition) is 1. The van der Waals surface area contributed by atoms with Gasteiger partial charge in [0.05, 0.1) is 29.0 Å². The van der Waals surface area contributed by atoms with Crippen LogP contribution < -0.4 is 5.32 Å². The normalized spacial score (nSPS) is 16.5. The number of carbonyl (C=O) groups is 1. The monoisotopic (exact) mass is 315 g/mol. The standard InChI is InChI=1S/C15H13N3O5/c19-15(16-9-10-4-3-7-22-10)14-8-12(17-23-14)11-5-1-2-6-13(11)18(20)21/h1-7,14H,8-9H2,(H,16,19)/t14-/m0/s1. The van der Waals surface area contributed by atoms with E-state index < -0.39 is 11.0 Å². The molecule has 0 bridgehead atoms. The second-order valence-electron chi connectivity index (χ2n) is 4.91. The molecule has 1 aromatic carbocycles. The number of benzene rings is 1. The third-order valence-corrected chi connectivity index (χ3v) is 3.39. The number of oxime groups is 1. The van der Waals surface area contributed by atoms with Crippen LogP contribution in [0.5, 0.6) is 0 Å². The number of nitrogens with one attached hydrogen (secondary N) is 1. The van der Waals surface area contributed by atoms with Gasteiger partial charge in [0.15, 0.2) is 0 Å². The van der Waals surface area contributed by atoms with E-state index in [2.05, 4.69) is 10.5 Å². The van der Waals surface area contributed by atoms with E-state index >= 15 is 0 Å². The molecular weight excluding hydrogens is 302 g/mol. The summed E-state index contributed by atoms with van der Waals surface area (Å²) >= 11 is 0. The first-order valence-electron chi connectivity index (χ1n) is 6.91. The number of nitrogens with zero attached hydrogens (tertiary/aromatic N) is 2. The Morgan fingerprint density at radius 1 is 1.35 bits per heavy atom. The third-order valence-electron chi connectivity index (χ3n) is 3.39. The quantitative estimate of drug-likeness (QED) is 0.670. The second-order valence-corrected chi connectivity index (χ2v) is 4.91. The molecule has 2 heterocycles. The molecule has 0 spiro atoms. The predicted molar refractivity (Wildman–Crippen MR) is 79.7 cm³/mol. The number of nitro benzene ring substituents is 1. The van der Waals surface area contributed by atoms with Crippen molar-refractivity contribution in [3.63, 3.8) is 0 Å². The first kappa shape index (κ1) is 14.8. The fraction of sp³-hybridized carbons (Fsp3) is 0.200. The van der Waals surface area contributed by atoms with Crippen molar-refractivity contribution < 1.29 is 19.0 Å². The van der Waals surface area contributed by atoms with Crippen molar-refractivity contribution in [2.24, 2.45) is 5.16 Å². The Labute approximate surface area is 130 Å². The van der Waals surface area contributed by atoms with Crippen LogP contribution in [0.25, 0.3) is 0 Å². The number of furan rings is 1. The van der Waals surface area contributed by atoms with E-state index in [9.17, 15) is 14.9 Å². The highest BCUT2D eigenvalue weighted by Crippen LogP contribution is 2.24. The van der Waals surface area contributed by atoms with Crippen molar-refractivity contribution in [1.29, 1.82) is 0 Å². The van der Waals surface area contributed by atoms with Gasteiger partial charge >= 0.3 is 0 Å². The first-order valence-corrected chi connectivity index (χ1v) is 6.91. The van der Waals surface area contributed by atoms with Crippen LogP contribution in [-0.2, 0) is 16.2 Å². The zero-order valence-corrected chi connectivity index (χ0v) is 12.0. The van der Waals surface area contributed by atoms with E-state index in [4.69, 9.17) is 9.25 Å². The molecule has 1 aliphatic rings. The van der Waals surface area contributed by atoms with Crippen molar-refractivity contribution in [2.45, 2.75) is 19.1 Å². The maximum Gasteiger partial charge on any atom is 0.278 e. The SMILES string of the molecule is O=C(NCc1ccco1)[C@@H]1CC(c2ccccc2[N+](=O)[O-])=NO1. The lowest BCUT2D eigenvalue weighted by atomic mass is 10.0. The van der Waals surface area contributed by atoms with Gasteiger partial charge in [-0.05, 0) is 18.2 Å². The highest BCUT2D eigenvalue weighted by atomic mass is 16.6. The highest BCUT2D eigenvalue weighted by Gasteiger charge is 2.31. The molecule has 8 heteroatoms. The Morgan fingerprint density at radius 2 is 2.17 bits per heavy atom. The van der Waals surface area contributed by atoms with E-state index in [-0.39, 0.29) is 24.6 Å². The molecule has 0 saturated carbocycles. The molecule has 118 valence electrons. The maximum absolute atomic E-state index is 12.1. The average molecular weight is 315 g/mol. The van der Waals surface area contributed by atoms with E-state index in [0.29, 0.717) is 17.0 Å². The molecule has 2 aromatic rings. The van der Waals surface area contributed by atoms with Crippen molar-refractivity contribution in [1.82, 2.24) is 5.32 Å². The highest BCUT2D eigenvalue weighted by molar-refractivity contribution is 6.06. The molecular formula is C15H13N3O5. The summed E-state index contributed by atoms with van der Waals surface area (Å²) in [6, 6.07) is 9.70. The van der Waals surface area contributed by atoms with Crippen LogP contribution in [0.1, 0.15) is 17.7 Å². The summed E-state index contributed by atoms with van der Waals surface area (Å²) in [4.78, 5) is 27.7. The summed E-state index contributed by atoms with van der Waals surface area (Å²) in [5.74, 6) is 0.273. The summed E-state index contributed by atoms with van der Waals surface area (Å²) in [6.07, 6.45) is 0.887. The Bertz CT molecular complexity index is 754. The molecule has 0 radical (unpaired) electrons. The topological polar surface area (TPSA) is 107 Å². The minimum Gasteiger partial charge on any atom is -0.467 e. The molecule has 23 heavy (non-hydrogen) atoms. The van der Waals surface area contributed by atoms with Gasteiger partial charge in [-0.15, -0.1) is 0 Å². The average Bonchev–Trinajstić information content (AvgIpc) is 3.24. The molecule has 0 fully saturated rings. The van der Waals surface area contributed by atoms with Crippen LogP contribution in [0.4, 0.5) is 5.69 Å².